The van der Waals surface area contributed by atoms with Crippen LogP contribution in [0.2, 0.25) is 0 Å². The van der Waals surface area contributed by atoms with Gasteiger partial charge in [0.05, 0.1) is 6.10 Å². The maximum Gasteiger partial charge on any atom is 0.106 e. The van der Waals surface area contributed by atoms with Gasteiger partial charge in [0.15, 0.2) is 0 Å². The van der Waals surface area contributed by atoms with Gasteiger partial charge >= 0.3 is 0 Å². The van der Waals surface area contributed by atoms with E-state index in [0.717, 1.165) is 16.6 Å². The van der Waals surface area contributed by atoms with Gasteiger partial charge in [0.1, 0.15) is 4.60 Å². The average Bonchev–Trinajstić information content (AvgIpc) is 2.10. The Morgan fingerprint density at radius 1 is 1.58 bits per heavy atom. The summed E-state index contributed by atoms with van der Waals surface area (Å²) >= 11 is 3.29. The maximum absolute atomic E-state index is 5.27. The molecule has 12 heavy (non-hydrogen) atoms. The molecule has 66 valence electrons. The predicted molar refractivity (Wildman–Crippen MR) is 52.0 cm³/mol. The third-order valence-electron chi connectivity index (χ3n) is 1.78. The SMILES string of the molecule is CCC(OC)c1ccc(Br)nc1. The van der Waals surface area contributed by atoms with Crippen LogP contribution in [0.4, 0.5) is 0 Å². The minimum absolute atomic E-state index is 0.172. The number of hydrogen-bond acceptors (Lipinski definition) is 2. The number of aromatic nitrogens is 1. The third kappa shape index (κ3) is 2.29. The molecule has 0 saturated heterocycles. The van der Waals surface area contributed by atoms with Crippen LogP contribution in [-0.4, -0.2) is 12.1 Å². The molecule has 1 unspecified atom stereocenters. The first-order chi connectivity index (χ1) is 5.77. The van der Waals surface area contributed by atoms with Crippen LogP contribution in [0, 0.1) is 0 Å². The van der Waals surface area contributed by atoms with Gasteiger partial charge in [-0.1, -0.05) is 13.0 Å². The Morgan fingerprint density at radius 3 is 2.75 bits per heavy atom. The lowest BCUT2D eigenvalue weighted by atomic mass is 10.1. The van der Waals surface area contributed by atoms with E-state index < -0.39 is 0 Å². The van der Waals surface area contributed by atoms with Crippen molar-refractivity contribution in [3.63, 3.8) is 0 Å². The number of pyridine rings is 1. The summed E-state index contributed by atoms with van der Waals surface area (Å²) in [6.07, 6.45) is 2.98. The zero-order valence-electron chi connectivity index (χ0n) is 7.25. The molecule has 0 spiro atoms. The van der Waals surface area contributed by atoms with E-state index in [4.69, 9.17) is 4.74 Å². The molecule has 0 bridgehead atoms. The van der Waals surface area contributed by atoms with E-state index in [-0.39, 0.29) is 6.10 Å². The first-order valence-corrected chi connectivity index (χ1v) is 4.71. The first-order valence-electron chi connectivity index (χ1n) is 3.92. The summed E-state index contributed by atoms with van der Waals surface area (Å²) in [6.45, 7) is 2.09. The standard InChI is InChI=1S/C9H12BrNO/c1-3-8(12-2)7-4-5-9(10)11-6-7/h4-6,8H,3H2,1-2H3. The average molecular weight is 230 g/mol. The number of rotatable bonds is 3. The molecule has 0 aliphatic carbocycles. The molecule has 1 heterocycles. The molecule has 0 aliphatic rings. The summed E-state index contributed by atoms with van der Waals surface area (Å²) in [4.78, 5) is 4.13. The maximum atomic E-state index is 5.27. The van der Waals surface area contributed by atoms with Crippen molar-refractivity contribution in [1.29, 1.82) is 0 Å². The van der Waals surface area contributed by atoms with Crippen molar-refractivity contribution in [2.45, 2.75) is 19.4 Å². The van der Waals surface area contributed by atoms with Crippen LogP contribution in [0.3, 0.4) is 0 Å². The van der Waals surface area contributed by atoms with E-state index in [2.05, 4.69) is 27.8 Å². The van der Waals surface area contributed by atoms with Gasteiger partial charge in [-0.25, -0.2) is 4.98 Å². The Kier molecular flexibility index (Phi) is 3.69. The van der Waals surface area contributed by atoms with Crippen LogP contribution in [0.25, 0.3) is 0 Å². The van der Waals surface area contributed by atoms with Crippen molar-refractivity contribution in [3.8, 4) is 0 Å². The smallest absolute Gasteiger partial charge is 0.106 e. The van der Waals surface area contributed by atoms with Crippen LogP contribution in [0.5, 0.6) is 0 Å². The van der Waals surface area contributed by atoms with Crippen LogP contribution in [0.1, 0.15) is 25.0 Å². The summed E-state index contributed by atoms with van der Waals surface area (Å²) in [5.41, 5.74) is 1.13. The quantitative estimate of drug-likeness (QED) is 0.744. The Bertz CT molecular complexity index is 231. The minimum Gasteiger partial charge on any atom is -0.377 e. The second-order valence-electron chi connectivity index (χ2n) is 2.55. The molecule has 1 atom stereocenters. The lowest BCUT2D eigenvalue weighted by molar-refractivity contribution is 0.0997. The zero-order chi connectivity index (χ0) is 8.97. The number of methoxy groups -OCH3 is 1. The molecule has 0 N–H and O–H groups in total. The largest absolute Gasteiger partial charge is 0.377 e. The highest BCUT2D eigenvalue weighted by molar-refractivity contribution is 9.10. The van der Waals surface area contributed by atoms with Crippen molar-refractivity contribution in [3.05, 3.63) is 28.5 Å². The molecule has 3 heteroatoms. The molecule has 1 aromatic rings. The van der Waals surface area contributed by atoms with E-state index in [1.165, 1.54) is 0 Å². The molecule has 1 rings (SSSR count). The van der Waals surface area contributed by atoms with Gasteiger partial charge in [0, 0.05) is 13.3 Å². The van der Waals surface area contributed by atoms with E-state index in [1.54, 1.807) is 7.11 Å². The fraction of sp³-hybridized carbons (Fsp3) is 0.444. The second-order valence-corrected chi connectivity index (χ2v) is 3.36. The van der Waals surface area contributed by atoms with Crippen LogP contribution < -0.4 is 0 Å². The number of ether oxygens (including phenoxy) is 1. The summed E-state index contributed by atoms with van der Waals surface area (Å²) in [5, 5.41) is 0. The fourth-order valence-electron chi connectivity index (χ4n) is 1.12. The Hall–Kier alpha value is -0.410. The molecule has 1 aromatic heterocycles. The molecular weight excluding hydrogens is 218 g/mol. The summed E-state index contributed by atoms with van der Waals surface area (Å²) in [6, 6.07) is 3.95. The highest BCUT2D eigenvalue weighted by Crippen LogP contribution is 2.19. The second kappa shape index (κ2) is 4.58. The summed E-state index contributed by atoms with van der Waals surface area (Å²) < 4.78 is 6.13. The predicted octanol–water partition coefficient (Wildman–Crippen LogP) is 2.94. The highest BCUT2D eigenvalue weighted by atomic mass is 79.9. The van der Waals surface area contributed by atoms with Crippen LogP contribution >= 0.6 is 15.9 Å². The molecule has 0 aromatic carbocycles. The van der Waals surface area contributed by atoms with Gasteiger partial charge in [-0.2, -0.15) is 0 Å². The number of hydrogen-bond donors (Lipinski definition) is 0. The summed E-state index contributed by atoms with van der Waals surface area (Å²) in [5.74, 6) is 0. The van der Waals surface area contributed by atoms with E-state index in [9.17, 15) is 0 Å². The molecule has 0 fully saturated rings. The molecule has 0 saturated carbocycles. The Morgan fingerprint density at radius 2 is 2.33 bits per heavy atom. The Labute approximate surface area is 81.1 Å². The van der Waals surface area contributed by atoms with E-state index in [0.29, 0.717) is 0 Å². The highest BCUT2D eigenvalue weighted by Gasteiger charge is 2.06. The molecule has 0 radical (unpaired) electrons. The van der Waals surface area contributed by atoms with Crippen molar-refractivity contribution in [2.75, 3.05) is 7.11 Å². The molecule has 2 nitrogen and oxygen atoms in total. The lowest BCUT2D eigenvalue weighted by Gasteiger charge is -2.12. The van der Waals surface area contributed by atoms with Gasteiger partial charge < -0.3 is 4.74 Å². The third-order valence-corrected chi connectivity index (χ3v) is 2.25. The van der Waals surface area contributed by atoms with Crippen molar-refractivity contribution in [1.82, 2.24) is 4.98 Å². The number of halogens is 1. The summed E-state index contributed by atoms with van der Waals surface area (Å²) in [7, 11) is 1.72. The van der Waals surface area contributed by atoms with Gasteiger partial charge in [-0.3, -0.25) is 0 Å². The van der Waals surface area contributed by atoms with Gasteiger partial charge in [-0.15, -0.1) is 0 Å². The number of nitrogens with zero attached hydrogens (tertiary/aromatic N) is 1. The first kappa shape index (κ1) is 9.68. The molecule has 0 aliphatic heterocycles. The molecule has 0 amide bonds. The fourth-order valence-corrected chi connectivity index (χ4v) is 1.35. The zero-order valence-corrected chi connectivity index (χ0v) is 8.84. The van der Waals surface area contributed by atoms with Gasteiger partial charge in [0.25, 0.3) is 0 Å². The van der Waals surface area contributed by atoms with Crippen molar-refractivity contribution < 1.29 is 4.74 Å². The van der Waals surface area contributed by atoms with Gasteiger partial charge in [0.2, 0.25) is 0 Å². The molecular formula is C9H12BrNO. The van der Waals surface area contributed by atoms with E-state index in [1.807, 2.05) is 18.3 Å². The Balaban J connectivity index is 2.80. The van der Waals surface area contributed by atoms with Crippen molar-refractivity contribution in [2.24, 2.45) is 0 Å². The van der Waals surface area contributed by atoms with Crippen LogP contribution in [-0.2, 0) is 4.74 Å². The normalized spacial score (nSPS) is 12.9. The lowest BCUT2D eigenvalue weighted by Crippen LogP contribution is -1.99. The topological polar surface area (TPSA) is 22.1 Å². The van der Waals surface area contributed by atoms with Gasteiger partial charge in [-0.05, 0) is 34.0 Å². The monoisotopic (exact) mass is 229 g/mol. The minimum atomic E-state index is 0.172. The van der Waals surface area contributed by atoms with Crippen LogP contribution in [0.15, 0.2) is 22.9 Å². The van der Waals surface area contributed by atoms with E-state index >= 15 is 0 Å². The van der Waals surface area contributed by atoms with Crippen molar-refractivity contribution >= 4 is 15.9 Å².